The summed E-state index contributed by atoms with van der Waals surface area (Å²) in [5.74, 6) is -2.21. The molecule has 0 aromatic heterocycles. The molecule has 0 aliphatic carbocycles. The average Bonchev–Trinajstić information content (AvgIpc) is 1.83. The van der Waals surface area contributed by atoms with Gasteiger partial charge in [-0.05, 0) is 42.1 Å². The van der Waals surface area contributed by atoms with E-state index >= 15 is 0 Å². The molecule has 0 saturated heterocycles. The molecule has 80 valence electrons. The van der Waals surface area contributed by atoms with Gasteiger partial charge in [-0.3, -0.25) is 4.41 Å². The molecule has 2 nitrogen and oxygen atoms in total. The molecule has 0 bridgehead atoms. The first-order chi connectivity index (χ1) is 5.73. The van der Waals surface area contributed by atoms with Gasteiger partial charge in [0.2, 0.25) is 0 Å². The van der Waals surface area contributed by atoms with Gasteiger partial charge in [-0.2, -0.15) is 0 Å². The topological polar surface area (TPSA) is 15.6 Å². The Bertz CT molecular complexity index is 205. The summed E-state index contributed by atoms with van der Waals surface area (Å²) in [7, 11) is -1.52. The normalized spacial score (nSPS) is 13.5. The van der Waals surface area contributed by atoms with Crippen molar-refractivity contribution in [3.8, 4) is 0 Å². The van der Waals surface area contributed by atoms with Gasteiger partial charge >= 0.3 is 0 Å². The summed E-state index contributed by atoms with van der Waals surface area (Å²) in [5.41, 5.74) is 0. The largest absolute Gasteiger partial charge is 0.300 e. The number of hydrogen-bond acceptors (Lipinski definition) is 1. The Kier molecular flexibility index (Phi) is 5.57. The molecule has 0 rings (SSSR count). The van der Waals surface area contributed by atoms with Crippen molar-refractivity contribution in [1.82, 2.24) is 4.67 Å². The molecule has 0 saturated carbocycles. The van der Waals surface area contributed by atoms with Crippen molar-refractivity contribution in [1.29, 1.82) is 0 Å². The van der Waals surface area contributed by atoms with Crippen LogP contribution in [0.15, 0.2) is 4.41 Å². The van der Waals surface area contributed by atoms with E-state index in [1.807, 2.05) is 4.67 Å². The molecule has 0 radical (unpaired) electrons. The van der Waals surface area contributed by atoms with Gasteiger partial charge in [0.05, 0.1) is 0 Å². The van der Waals surface area contributed by atoms with Crippen LogP contribution in [0.2, 0.25) is 19.6 Å². The van der Waals surface area contributed by atoms with Crippen LogP contribution < -0.4 is 0 Å². The van der Waals surface area contributed by atoms with Crippen molar-refractivity contribution in [2.24, 2.45) is 4.41 Å². The van der Waals surface area contributed by atoms with Gasteiger partial charge < -0.3 is 0 Å². The van der Waals surface area contributed by atoms with Crippen LogP contribution in [0.1, 0.15) is 13.8 Å². The van der Waals surface area contributed by atoms with Gasteiger partial charge in [0, 0.05) is 13.1 Å². The fourth-order valence-corrected chi connectivity index (χ4v) is 10.4. The first-order valence-corrected chi connectivity index (χ1v) is 11.5. The van der Waals surface area contributed by atoms with Crippen LogP contribution in [0.25, 0.3) is 0 Å². The fourth-order valence-electron chi connectivity index (χ4n) is 0.988. The van der Waals surface area contributed by atoms with Gasteiger partial charge in [0.15, 0.2) is 14.1 Å². The minimum absolute atomic E-state index is 0.866. The number of halogens is 2. The quantitative estimate of drug-likeness (QED) is 0.534. The lowest BCUT2D eigenvalue weighted by molar-refractivity contribution is 0.514. The van der Waals surface area contributed by atoms with Crippen LogP contribution in [0.4, 0.5) is 0 Å². The Morgan fingerprint density at radius 2 is 1.54 bits per heavy atom. The second kappa shape index (κ2) is 5.18. The third kappa shape index (κ3) is 5.43. The molecule has 0 spiro atoms. The zero-order valence-corrected chi connectivity index (χ0v) is 12.4. The maximum atomic E-state index is 6.26. The van der Waals surface area contributed by atoms with Crippen molar-refractivity contribution >= 4 is 36.6 Å². The van der Waals surface area contributed by atoms with Crippen LogP contribution >= 0.6 is 28.4 Å². The first-order valence-electron chi connectivity index (χ1n) is 4.51. The number of rotatable bonds is 4. The lowest BCUT2D eigenvalue weighted by Crippen LogP contribution is -2.20. The van der Waals surface area contributed by atoms with E-state index in [0.29, 0.717) is 0 Å². The molecule has 0 unspecified atom stereocenters. The third-order valence-electron chi connectivity index (χ3n) is 1.49. The summed E-state index contributed by atoms with van der Waals surface area (Å²) in [6.07, 6.45) is 0. The Labute approximate surface area is 92.4 Å². The lowest BCUT2D eigenvalue weighted by Gasteiger charge is -2.27. The monoisotopic (exact) mass is 260 g/mol. The first kappa shape index (κ1) is 14.0. The van der Waals surface area contributed by atoms with E-state index in [2.05, 4.69) is 37.9 Å². The van der Waals surface area contributed by atoms with Gasteiger partial charge in [-0.1, -0.05) is 13.8 Å². The van der Waals surface area contributed by atoms with Gasteiger partial charge in [0.25, 0.3) is 0 Å². The molecule has 0 aromatic carbocycles. The van der Waals surface area contributed by atoms with Crippen LogP contribution in [-0.4, -0.2) is 26.0 Å². The molecule has 0 aliphatic heterocycles. The Hall–Kier alpha value is 0.987. The third-order valence-corrected chi connectivity index (χ3v) is 8.74. The molecule has 0 aliphatic rings. The van der Waals surface area contributed by atoms with Crippen molar-refractivity contribution in [3.05, 3.63) is 0 Å². The smallest absolute Gasteiger partial charge is 0.196 e. The highest BCUT2D eigenvalue weighted by atomic mass is 35.9. The minimum Gasteiger partial charge on any atom is -0.300 e. The van der Waals surface area contributed by atoms with Crippen molar-refractivity contribution in [2.45, 2.75) is 33.5 Å². The van der Waals surface area contributed by atoms with Crippen molar-refractivity contribution in [3.63, 3.8) is 0 Å². The summed E-state index contributed by atoms with van der Waals surface area (Å²) < 4.78 is 6.64. The van der Waals surface area contributed by atoms with E-state index in [1.165, 1.54) is 0 Å². The second-order valence-electron chi connectivity index (χ2n) is 3.87. The molecule has 6 heteroatoms. The van der Waals surface area contributed by atoms with E-state index in [0.717, 1.165) is 13.1 Å². The van der Waals surface area contributed by atoms with Crippen molar-refractivity contribution in [2.75, 3.05) is 13.1 Å². The molecule has 0 aromatic rings. The standard InChI is InChI=1S/C7H19Cl2N2PSi/c1-6-11(7-2)12(8,9)10-13(3,4)5/h6-7H2,1-5H3. The highest BCUT2D eigenvalue weighted by Crippen LogP contribution is 2.63. The van der Waals surface area contributed by atoms with Crippen LogP contribution in [-0.2, 0) is 0 Å². The number of nitrogens with zero attached hydrogens (tertiary/aromatic N) is 2. The predicted octanol–water partition coefficient (Wildman–Crippen LogP) is 4.59. The molecule has 0 N–H and O–H groups in total. The Morgan fingerprint density at radius 3 is 1.77 bits per heavy atom. The van der Waals surface area contributed by atoms with Crippen LogP contribution in [0.5, 0.6) is 0 Å². The summed E-state index contributed by atoms with van der Waals surface area (Å²) in [6, 6.07) is 0. The van der Waals surface area contributed by atoms with Crippen LogP contribution in [0.3, 0.4) is 0 Å². The predicted molar refractivity (Wildman–Crippen MR) is 67.3 cm³/mol. The zero-order chi connectivity index (χ0) is 10.7. The molecule has 0 heterocycles. The van der Waals surface area contributed by atoms with Gasteiger partial charge in [-0.25, -0.2) is 4.67 Å². The van der Waals surface area contributed by atoms with E-state index in [1.54, 1.807) is 0 Å². The maximum absolute atomic E-state index is 6.26. The van der Waals surface area contributed by atoms with Gasteiger partial charge in [0.1, 0.15) is 0 Å². The van der Waals surface area contributed by atoms with Crippen LogP contribution in [0, 0.1) is 0 Å². The molecule has 0 amide bonds. The average molecular weight is 261 g/mol. The van der Waals surface area contributed by atoms with E-state index in [4.69, 9.17) is 22.5 Å². The molecular weight excluding hydrogens is 242 g/mol. The van der Waals surface area contributed by atoms with Crippen molar-refractivity contribution < 1.29 is 0 Å². The lowest BCUT2D eigenvalue weighted by atomic mass is 10.7. The van der Waals surface area contributed by atoms with E-state index in [9.17, 15) is 0 Å². The molecular formula is C7H19Cl2N2PSi. The SMILES string of the molecule is CCN(CC)P(Cl)(Cl)=N[Si](C)(C)C. The van der Waals surface area contributed by atoms with E-state index < -0.39 is 14.1 Å². The second-order valence-corrected chi connectivity index (χ2v) is 13.8. The number of hydrogen-bond donors (Lipinski definition) is 0. The van der Waals surface area contributed by atoms with Gasteiger partial charge in [-0.15, -0.1) is 0 Å². The Morgan fingerprint density at radius 1 is 1.15 bits per heavy atom. The highest BCUT2D eigenvalue weighted by molar-refractivity contribution is 8.09. The summed E-state index contributed by atoms with van der Waals surface area (Å²) in [4.78, 5) is 0. The maximum Gasteiger partial charge on any atom is 0.196 e. The summed E-state index contributed by atoms with van der Waals surface area (Å²) in [6.45, 7) is 12.3. The molecule has 0 atom stereocenters. The molecule has 13 heavy (non-hydrogen) atoms. The Balaban J connectivity index is 4.82. The summed E-state index contributed by atoms with van der Waals surface area (Å²) in [5, 5.41) is 0. The zero-order valence-electron chi connectivity index (χ0n) is 9.01. The van der Waals surface area contributed by atoms with E-state index in [-0.39, 0.29) is 0 Å². The summed E-state index contributed by atoms with van der Waals surface area (Å²) >= 11 is 12.5. The molecule has 0 fully saturated rings. The minimum atomic E-state index is -2.21. The fraction of sp³-hybridized carbons (Fsp3) is 1.00. The highest BCUT2D eigenvalue weighted by Gasteiger charge is 2.24.